The summed E-state index contributed by atoms with van der Waals surface area (Å²) in [5.74, 6) is 1.25. The molecule has 0 atom stereocenters. The minimum Gasteiger partial charge on any atom is -0.215 e. The number of fused-ring (bicyclic) bond motifs is 1. The van der Waals surface area contributed by atoms with Gasteiger partial charge in [0.25, 0.3) is 0 Å². The van der Waals surface area contributed by atoms with Crippen molar-refractivity contribution in [3.8, 4) is 0 Å². The normalized spacial score (nSPS) is 15.1. The van der Waals surface area contributed by atoms with Crippen LogP contribution in [0.3, 0.4) is 0 Å². The first-order valence-electron chi connectivity index (χ1n) is 7.93. The van der Waals surface area contributed by atoms with Crippen LogP contribution in [0.15, 0.2) is 24.3 Å². The molecule has 0 saturated heterocycles. The second-order valence-corrected chi connectivity index (χ2v) is 9.27. The summed E-state index contributed by atoms with van der Waals surface area (Å²) in [5, 5.41) is 14.1. The lowest BCUT2D eigenvalue weighted by Crippen LogP contribution is -2.27. The minimum atomic E-state index is -3.45. The Labute approximate surface area is 154 Å². The number of halogens is 1. The van der Waals surface area contributed by atoms with Gasteiger partial charge in [0.1, 0.15) is 5.01 Å². The fourth-order valence-electron chi connectivity index (χ4n) is 2.55. The molecule has 1 saturated carbocycles. The van der Waals surface area contributed by atoms with Crippen LogP contribution in [-0.2, 0) is 22.2 Å². The Kier molecular flexibility index (Phi) is 4.48. The SMILES string of the molecule is O=S(=O)(Cc1ccccc1Cl)NCCc1nn2c(C3CC3)nnc2s1. The van der Waals surface area contributed by atoms with Crippen LogP contribution in [0.1, 0.15) is 35.2 Å². The molecule has 1 aliphatic rings. The first kappa shape index (κ1) is 16.9. The van der Waals surface area contributed by atoms with Crippen LogP contribution >= 0.6 is 22.9 Å². The van der Waals surface area contributed by atoms with Crippen molar-refractivity contribution >= 4 is 37.9 Å². The van der Waals surface area contributed by atoms with E-state index in [1.165, 1.54) is 11.3 Å². The summed E-state index contributed by atoms with van der Waals surface area (Å²) in [5.41, 5.74) is 0.588. The van der Waals surface area contributed by atoms with Gasteiger partial charge in [-0.05, 0) is 24.5 Å². The summed E-state index contributed by atoms with van der Waals surface area (Å²) >= 11 is 7.46. The molecule has 1 aliphatic carbocycles. The average Bonchev–Trinajstić information content (AvgIpc) is 3.20. The van der Waals surface area contributed by atoms with Crippen LogP contribution in [-0.4, -0.2) is 34.8 Å². The van der Waals surface area contributed by atoms with Gasteiger partial charge in [0.15, 0.2) is 5.82 Å². The molecule has 3 aromatic rings. The zero-order chi connectivity index (χ0) is 17.4. The second-order valence-electron chi connectivity index (χ2n) is 6.02. The van der Waals surface area contributed by atoms with Crippen molar-refractivity contribution in [3.63, 3.8) is 0 Å². The van der Waals surface area contributed by atoms with E-state index in [9.17, 15) is 8.42 Å². The van der Waals surface area contributed by atoms with Crippen LogP contribution in [0, 0.1) is 0 Å². The van der Waals surface area contributed by atoms with Gasteiger partial charge >= 0.3 is 0 Å². The van der Waals surface area contributed by atoms with Gasteiger partial charge in [-0.2, -0.15) is 9.61 Å². The lowest BCUT2D eigenvalue weighted by atomic mass is 10.2. The quantitative estimate of drug-likeness (QED) is 0.661. The highest BCUT2D eigenvalue weighted by Crippen LogP contribution is 2.39. The fraction of sp³-hybridized carbons (Fsp3) is 0.400. The maximum Gasteiger partial charge on any atom is 0.234 e. The largest absolute Gasteiger partial charge is 0.234 e. The van der Waals surface area contributed by atoms with E-state index in [-0.39, 0.29) is 12.3 Å². The van der Waals surface area contributed by atoms with E-state index in [1.54, 1.807) is 28.8 Å². The minimum absolute atomic E-state index is 0.135. The Morgan fingerprint density at radius 1 is 1.28 bits per heavy atom. The van der Waals surface area contributed by atoms with Crippen LogP contribution in [0.2, 0.25) is 5.02 Å². The van der Waals surface area contributed by atoms with Crippen molar-refractivity contribution in [2.24, 2.45) is 0 Å². The highest BCUT2D eigenvalue weighted by molar-refractivity contribution is 7.88. The lowest BCUT2D eigenvalue weighted by Gasteiger charge is -2.07. The molecule has 25 heavy (non-hydrogen) atoms. The molecule has 1 fully saturated rings. The molecule has 2 aromatic heterocycles. The predicted octanol–water partition coefficient (Wildman–Crippen LogP) is 2.38. The Hall–Kier alpha value is -1.55. The average molecular weight is 398 g/mol. The van der Waals surface area contributed by atoms with Crippen molar-refractivity contribution in [2.45, 2.75) is 30.9 Å². The summed E-state index contributed by atoms with van der Waals surface area (Å²) in [6.07, 6.45) is 2.78. The van der Waals surface area contributed by atoms with Gasteiger partial charge in [0.2, 0.25) is 15.0 Å². The number of rotatable bonds is 7. The van der Waals surface area contributed by atoms with Gasteiger partial charge in [-0.3, -0.25) is 0 Å². The number of hydrogen-bond acceptors (Lipinski definition) is 6. The zero-order valence-electron chi connectivity index (χ0n) is 13.2. The predicted molar refractivity (Wildman–Crippen MR) is 96.4 cm³/mol. The Morgan fingerprint density at radius 3 is 2.84 bits per heavy atom. The molecule has 0 unspecified atom stereocenters. The summed E-state index contributed by atoms with van der Waals surface area (Å²) in [6.45, 7) is 0.287. The highest BCUT2D eigenvalue weighted by atomic mass is 35.5. The third-order valence-electron chi connectivity index (χ3n) is 3.96. The van der Waals surface area contributed by atoms with Gasteiger partial charge in [-0.1, -0.05) is 41.1 Å². The Morgan fingerprint density at radius 2 is 2.08 bits per heavy atom. The Balaban J connectivity index is 1.37. The molecule has 7 nitrogen and oxygen atoms in total. The number of hydrogen-bond donors (Lipinski definition) is 1. The van der Waals surface area contributed by atoms with Gasteiger partial charge in [0, 0.05) is 23.9 Å². The maximum atomic E-state index is 12.2. The van der Waals surface area contributed by atoms with E-state index in [0.717, 1.165) is 28.6 Å². The smallest absolute Gasteiger partial charge is 0.215 e. The molecule has 0 bridgehead atoms. The van der Waals surface area contributed by atoms with E-state index in [4.69, 9.17) is 11.6 Å². The van der Waals surface area contributed by atoms with Crippen LogP contribution < -0.4 is 4.72 Å². The molecular formula is C15H16ClN5O2S2. The summed E-state index contributed by atoms with van der Waals surface area (Å²) in [4.78, 5) is 0.760. The zero-order valence-corrected chi connectivity index (χ0v) is 15.6. The molecule has 0 spiro atoms. The number of benzene rings is 1. The lowest BCUT2D eigenvalue weighted by molar-refractivity contribution is 0.580. The maximum absolute atomic E-state index is 12.2. The van der Waals surface area contributed by atoms with E-state index in [0.29, 0.717) is 22.9 Å². The van der Waals surface area contributed by atoms with Crippen LogP contribution in [0.4, 0.5) is 0 Å². The molecule has 0 radical (unpaired) electrons. The monoisotopic (exact) mass is 397 g/mol. The van der Waals surface area contributed by atoms with Crippen LogP contribution in [0.25, 0.3) is 4.96 Å². The van der Waals surface area contributed by atoms with E-state index in [2.05, 4.69) is 20.0 Å². The molecule has 1 aromatic carbocycles. The number of nitrogens with zero attached hydrogens (tertiary/aromatic N) is 4. The molecule has 132 valence electrons. The van der Waals surface area contributed by atoms with Gasteiger partial charge in [0.05, 0.1) is 5.75 Å². The number of nitrogens with one attached hydrogen (secondary N) is 1. The summed E-state index contributed by atoms with van der Waals surface area (Å²) in [6, 6.07) is 6.94. The van der Waals surface area contributed by atoms with Crippen molar-refractivity contribution in [3.05, 3.63) is 45.7 Å². The van der Waals surface area contributed by atoms with Crippen molar-refractivity contribution < 1.29 is 8.42 Å². The third-order valence-corrected chi connectivity index (χ3v) is 6.63. The highest BCUT2D eigenvalue weighted by Gasteiger charge is 2.30. The molecule has 0 aliphatic heterocycles. The third kappa shape index (κ3) is 3.84. The van der Waals surface area contributed by atoms with E-state index in [1.807, 2.05) is 0 Å². The standard InChI is InChI=1S/C15H16ClN5O2S2/c16-12-4-2-1-3-11(12)9-25(22,23)17-8-7-13-20-21-14(10-5-6-10)18-19-15(21)24-13/h1-4,10,17H,5-9H2. The topological polar surface area (TPSA) is 89.2 Å². The van der Waals surface area contributed by atoms with Crippen LogP contribution in [0.5, 0.6) is 0 Å². The molecule has 0 amide bonds. The van der Waals surface area contributed by atoms with Gasteiger partial charge in [-0.25, -0.2) is 13.1 Å². The number of sulfonamides is 1. The molecule has 2 heterocycles. The Bertz CT molecular complexity index is 1010. The molecule has 1 N–H and O–H groups in total. The van der Waals surface area contributed by atoms with Crippen molar-refractivity contribution in [2.75, 3.05) is 6.54 Å². The van der Waals surface area contributed by atoms with Gasteiger partial charge < -0.3 is 0 Å². The molecular weight excluding hydrogens is 382 g/mol. The summed E-state index contributed by atoms with van der Waals surface area (Å²) < 4.78 is 28.8. The van der Waals surface area contributed by atoms with Crippen molar-refractivity contribution in [1.82, 2.24) is 24.5 Å². The second kappa shape index (κ2) is 6.64. The van der Waals surface area contributed by atoms with Gasteiger partial charge in [-0.15, -0.1) is 10.2 Å². The van der Waals surface area contributed by atoms with E-state index < -0.39 is 10.0 Å². The van der Waals surface area contributed by atoms with E-state index >= 15 is 0 Å². The number of aromatic nitrogens is 4. The fourth-order valence-corrected chi connectivity index (χ4v) is 4.85. The molecule has 4 rings (SSSR count). The first-order valence-corrected chi connectivity index (χ1v) is 10.8. The molecule has 10 heteroatoms. The first-order chi connectivity index (χ1) is 12.0. The summed E-state index contributed by atoms with van der Waals surface area (Å²) in [7, 11) is -3.45. The van der Waals surface area contributed by atoms with Crippen molar-refractivity contribution in [1.29, 1.82) is 0 Å².